The molecule has 0 aliphatic carbocycles. The molecular formula is C19H24N6O5. The van der Waals surface area contributed by atoms with Gasteiger partial charge in [-0.3, -0.25) is 14.3 Å². The number of aromatic amines is 1. The number of aromatic nitrogens is 2. The summed E-state index contributed by atoms with van der Waals surface area (Å²) in [7, 11) is 0. The first kappa shape index (κ1) is 21.4. The predicted molar refractivity (Wildman–Crippen MR) is 107 cm³/mol. The Morgan fingerprint density at radius 1 is 1.47 bits per heavy atom. The summed E-state index contributed by atoms with van der Waals surface area (Å²) in [6.45, 7) is 4.30. The summed E-state index contributed by atoms with van der Waals surface area (Å²) in [5.41, 5.74) is 8.63. The Hall–Kier alpha value is -3.30. The normalized spacial score (nSPS) is 23.1. The molecule has 30 heavy (non-hydrogen) atoms. The van der Waals surface area contributed by atoms with E-state index in [1.807, 2.05) is 24.1 Å². The number of nitrogens with zero attached hydrogens (tertiary/aromatic N) is 5. The molecule has 0 unspecified atom stereocenters. The topological polar surface area (TPSA) is 142 Å². The van der Waals surface area contributed by atoms with Gasteiger partial charge in [-0.15, -0.1) is 0 Å². The summed E-state index contributed by atoms with van der Waals surface area (Å²) in [6, 6.07) is -0.622. The number of allylic oxidation sites excluding steroid dienone is 1. The minimum Gasteiger partial charge on any atom is -0.460 e. The van der Waals surface area contributed by atoms with E-state index >= 15 is 0 Å². The average Bonchev–Trinajstić information content (AvgIpc) is 3.12. The minimum absolute atomic E-state index is 0.120. The molecule has 0 aromatic carbocycles. The molecule has 11 nitrogen and oxygen atoms in total. The van der Waals surface area contributed by atoms with Gasteiger partial charge in [0.25, 0.3) is 5.56 Å². The minimum atomic E-state index is -0.746. The van der Waals surface area contributed by atoms with Crippen LogP contribution in [0.2, 0.25) is 0 Å². The first-order chi connectivity index (χ1) is 14.4. The molecule has 3 atom stereocenters. The van der Waals surface area contributed by atoms with E-state index in [0.29, 0.717) is 17.6 Å². The number of esters is 1. The van der Waals surface area contributed by atoms with Crippen molar-refractivity contribution < 1.29 is 14.3 Å². The fourth-order valence-corrected chi connectivity index (χ4v) is 3.42. The smallest absolute Gasteiger partial charge is 0.335 e. The van der Waals surface area contributed by atoms with Gasteiger partial charge < -0.3 is 14.4 Å². The quantitative estimate of drug-likeness (QED) is 0.311. The van der Waals surface area contributed by atoms with E-state index in [9.17, 15) is 14.4 Å². The van der Waals surface area contributed by atoms with E-state index in [-0.39, 0.29) is 13.0 Å². The molecule has 1 aromatic rings. The molecule has 0 radical (unpaired) electrons. The maximum Gasteiger partial charge on any atom is 0.335 e. The van der Waals surface area contributed by atoms with Crippen molar-refractivity contribution in [3.05, 3.63) is 67.1 Å². The van der Waals surface area contributed by atoms with E-state index in [4.69, 9.17) is 15.0 Å². The number of nitrogens with one attached hydrogen (secondary N) is 1. The Morgan fingerprint density at radius 3 is 3.00 bits per heavy atom. The second-order valence-corrected chi connectivity index (χ2v) is 7.20. The SMILES string of the molecule is CCCN1C=CCC(C(=O)OC[C@H]2O[C@@H](n3cc(C)c(=O)[nH]c3=O)C[C@@H]2N=[N+]=[N-])=C1. The highest BCUT2D eigenvalue weighted by Gasteiger charge is 2.37. The van der Waals surface area contributed by atoms with E-state index < -0.39 is 35.6 Å². The molecular weight excluding hydrogens is 392 g/mol. The zero-order valence-electron chi connectivity index (χ0n) is 16.9. The molecule has 11 heteroatoms. The first-order valence-electron chi connectivity index (χ1n) is 9.75. The van der Waals surface area contributed by atoms with Gasteiger partial charge in [0.05, 0.1) is 11.6 Å². The van der Waals surface area contributed by atoms with Gasteiger partial charge in [-0.1, -0.05) is 18.1 Å². The van der Waals surface area contributed by atoms with Crippen molar-refractivity contribution in [3.63, 3.8) is 0 Å². The summed E-state index contributed by atoms with van der Waals surface area (Å²) in [5.74, 6) is -0.468. The molecule has 1 N–H and O–H groups in total. The molecule has 0 amide bonds. The standard InChI is InChI=1S/C19H24N6O5/c1-3-6-24-7-4-5-13(10-24)18(27)29-11-15-14(22-23-20)8-16(30-15)25-9-12(2)17(26)21-19(25)28/h4,7,9-10,14-16H,3,5-6,8,11H2,1-2H3,(H,21,26,28)/t14-,15+,16+/m0/s1. The summed E-state index contributed by atoms with van der Waals surface area (Å²) in [6.07, 6.45) is 7.15. The second kappa shape index (κ2) is 9.47. The van der Waals surface area contributed by atoms with Crippen molar-refractivity contribution in [1.29, 1.82) is 0 Å². The molecule has 1 saturated heterocycles. The third-order valence-corrected chi connectivity index (χ3v) is 4.94. The number of hydrogen-bond acceptors (Lipinski definition) is 7. The molecule has 1 aromatic heterocycles. The maximum absolute atomic E-state index is 12.5. The summed E-state index contributed by atoms with van der Waals surface area (Å²) >= 11 is 0. The second-order valence-electron chi connectivity index (χ2n) is 7.20. The van der Waals surface area contributed by atoms with Crippen molar-refractivity contribution >= 4 is 5.97 Å². The van der Waals surface area contributed by atoms with Gasteiger partial charge in [-0.2, -0.15) is 0 Å². The first-order valence-corrected chi connectivity index (χ1v) is 9.75. The zero-order valence-corrected chi connectivity index (χ0v) is 16.9. The van der Waals surface area contributed by atoms with Gasteiger partial charge >= 0.3 is 11.7 Å². The number of hydrogen-bond donors (Lipinski definition) is 1. The van der Waals surface area contributed by atoms with Crippen LogP contribution in [-0.4, -0.2) is 45.7 Å². The van der Waals surface area contributed by atoms with Crippen LogP contribution < -0.4 is 11.2 Å². The Labute approximate surface area is 172 Å². The van der Waals surface area contributed by atoms with Gasteiger partial charge in [-0.05, 0) is 25.1 Å². The largest absolute Gasteiger partial charge is 0.460 e. The van der Waals surface area contributed by atoms with Crippen molar-refractivity contribution in [2.24, 2.45) is 5.11 Å². The van der Waals surface area contributed by atoms with Crippen LogP contribution in [0.15, 0.2) is 44.9 Å². The molecule has 0 saturated carbocycles. The van der Waals surface area contributed by atoms with Gasteiger partial charge in [-0.25, -0.2) is 9.59 Å². The fourth-order valence-electron chi connectivity index (χ4n) is 3.42. The number of azide groups is 1. The van der Waals surface area contributed by atoms with Crippen LogP contribution in [0.3, 0.4) is 0 Å². The Morgan fingerprint density at radius 2 is 2.27 bits per heavy atom. The number of H-pyrrole nitrogens is 1. The predicted octanol–water partition coefficient (Wildman–Crippen LogP) is 1.87. The number of carbonyl (C=O) groups is 1. The molecule has 1 fully saturated rings. The number of ether oxygens (including phenoxy) is 2. The van der Waals surface area contributed by atoms with Crippen molar-refractivity contribution in [3.8, 4) is 0 Å². The van der Waals surface area contributed by atoms with E-state index in [0.717, 1.165) is 13.0 Å². The average molecular weight is 416 g/mol. The van der Waals surface area contributed by atoms with E-state index in [2.05, 4.69) is 15.0 Å². The highest BCUT2D eigenvalue weighted by atomic mass is 16.6. The molecule has 2 aliphatic heterocycles. The monoisotopic (exact) mass is 416 g/mol. The molecule has 160 valence electrons. The number of carbonyl (C=O) groups excluding carboxylic acids is 1. The highest BCUT2D eigenvalue weighted by molar-refractivity contribution is 5.88. The number of aryl methyl sites for hydroxylation is 1. The molecule has 2 aliphatic rings. The summed E-state index contributed by atoms with van der Waals surface area (Å²) in [4.78, 5) is 43.1. The molecule has 0 spiro atoms. The van der Waals surface area contributed by atoms with Crippen LogP contribution in [0.5, 0.6) is 0 Å². The molecule has 0 bridgehead atoms. The third kappa shape index (κ3) is 4.81. The highest BCUT2D eigenvalue weighted by Crippen LogP contribution is 2.30. The fraction of sp³-hybridized carbons (Fsp3) is 0.526. The lowest BCUT2D eigenvalue weighted by Crippen LogP contribution is -2.33. The molecule has 3 rings (SSSR count). The van der Waals surface area contributed by atoms with Gasteiger partial charge in [0, 0.05) is 42.3 Å². The Kier molecular flexibility index (Phi) is 6.76. The van der Waals surface area contributed by atoms with Gasteiger partial charge in [0.15, 0.2) is 0 Å². The Bertz CT molecular complexity index is 1020. The van der Waals surface area contributed by atoms with Crippen LogP contribution in [0.1, 0.15) is 38.0 Å². The van der Waals surface area contributed by atoms with Crippen LogP contribution in [-0.2, 0) is 14.3 Å². The lowest BCUT2D eigenvalue weighted by Gasteiger charge is -2.21. The van der Waals surface area contributed by atoms with Crippen LogP contribution in [0.25, 0.3) is 10.4 Å². The lowest BCUT2D eigenvalue weighted by atomic mass is 10.1. The summed E-state index contributed by atoms with van der Waals surface area (Å²) < 4.78 is 12.5. The van der Waals surface area contributed by atoms with Gasteiger partial charge in [0.1, 0.15) is 18.9 Å². The van der Waals surface area contributed by atoms with Crippen LogP contribution >= 0.6 is 0 Å². The van der Waals surface area contributed by atoms with Gasteiger partial charge in [0.2, 0.25) is 0 Å². The van der Waals surface area contributed by atoms with Crippen LogP contribution in [0.4, 0.5) is 0 Å². The van der Waals surface area contributed by atoms with E-state index in [1.165, 1.54) is 10.8 Å². The molecule has 3 heterocycles. The number of rotatable bonds is 7. The summed E-state index contributed by atoms with van der Waals surface area (Å²) in [5, 5.41) is 3.72. The maximum atomic E-state index is 12.5. The third-order valence-electron chi connectivity index (χ3n) is 4.94. The van der Waals surface area contributed by atoms with Crippen molar-refractivity contribution in [2.45, 2.75) is 51.5 Å². The van der Waals surface area contributed by atoms with Crippen molar-refractivity contribution in [2.75, 3.05) is 13.2 Å². The van der Waals surface area contributed by atoms with E-state index in [1.54, 1.807) is 13.1 Å². The van der Waals surface area contributed by atoms with Crippen LogP contribution in [0, 0.1) is 6.92 Å². The van der Waals surface area contributed by atoms with Crippen molar-refractivity contribution in [1.82, 2.24) is 14.5 Å². The Balaban J connectivity index is 1.68. The zero-order chi connectivity index (χ0) is 21.7. The lowest BCUT2D eigenvalue weighted by molar-refractivity contribution is -0.144.